The normalized spacial score (nSPS) is 40.2. The van der Waals surface area contributed by atoms with E-state index >= 15 is 0 Å². The van der Waals surface area contributed by atoms with E-state index in [0.29, 0.717) is 11.8 Å². The standard InChI is InChI=1S/C7H11NO2.ClH/c9-7(10)6-5-2-1-4(5)3-8-6;/h4-6,8H,1-3H2,(H,9,10);1H/t4-,5-,6+;/m1./s1. The van der Waals surface area contributed by atoms with Crippen LogP contribution in [0.5, 0.6) is 0 Å². The monoisotopic (exact) mass is 177 g/mol. The zero-order chi connectivity index (χ0) is 7.14. The van der Waals surface area contributed by atoms with Crippen molar-refractivity contribution < 1.29 is 9.90 Å². The Bertz CT molecular complexity index is 174. The maximum absolute atomic E-state index is 10.5. The molecule has 2 aliphatic rings. The molecule has 2 fully saturated rings. The number of hydrogen-bond donors (Lipinski definition) is 2. The van der Waals surface area contributed by atoms with Crippen LogP contribution in [0.15, 0.2) is 0 Å². The van der Waals surface area contributed by atoms with E-state index in [9.17, 15) is 4.79 Å². The highest BCUT2D eigenvalue weighted by Gasteiger charge is 2.45. The molecule has 2 rings (SSSR count). The summed E-state index contributed by atoms with van der Waals surface area (Å²) in [4.78, 5) is 10.5. The molecule has 3 atom stereocenters. The number of carbonyl (C=O) groups is 1. The fraction of sp³-hybridized carbons (Fsp3) is 0.857. The van der Waals surface area contributed by atoms with Crippen molar-refractivity contribution in [3.05, 3.63) is 0 Å². The maximum Gasteiger partial charge on any atom is 0.320 e. The van der Waals surface area contributed by atoms with Crippen molar-refractivity contribution in [1.29, 1.82) is 0 Å². The largest absolute Gasteiger partial charge is 0.480 e. The van der Waals surface area contributed by atoms with Crippen LogP contribution in [0.2, 0.25) is 0 Å². The number of nitrogens with one attached hydrogen (secondary N) is 1. The van der Waals surface area contributed by atoms with Gasteiger partial charge in [0.05, 0.1) is 0 Å². The number of halogens is 1. The zero-order valence-electron chi connectivity index (χ0n) is 6.12. The Balaban J connectivity index is 0.000000605. The summed E-state index contributed by atoms with van der Waals surface area (Å²) in [7, 11) is 0. The van der Waals surface area contributed by atoms with Gasteiger partial charge in [-0.25, -0.2) is 0 Å². The van der Waals surface area contributed by atoms with E-state index in [0.717, 1.165) is 13.0 Å². The molecule has 64 valence electrons. The third-order valence-electron chi connectivity index (χ3n) is 2.77. The van der Waals surface area contributed by atoms with Crippen molar-refractivity contribution >= 4 is 18.4 Å². The van der Waals surface area contributed by atoms with Gasteiger partial charge in [-0.1, -0.05) is 0 Å². The zero-order valence-corrected chi connectivity index (χ0v) is 6.93. The van der Waals surface area contributed by atoms with Crippen LogP contribution in [0.1, 0.15) is 12.8 Å². The van der Waals surface area contributed by atoms with E-state index < -0.39 is 5.97 Å². The lowest BCUT2D eigenvalue weighted by Gasteiger charge is -2.30. The molecule has 4 heteroatoms. The average Bonchev–Trinajstić information content (AvgIpc) is 2.07. The summed E-state index contributed by atoms with van der Waals surface area (Å²) < 4.78 is 0. The van der Waals surface area contributed by atoms with Crippen LogP contribution in [-0.2, 0) is 4.79 Å². The fourth-order valence-electron chi connectivity index (χ4n) is 1.99. The highest BCUT2D eigenvalue weighted by atomic mass is 35.5. The van der Waals surface area contributed by atoms with E-state index in [-0.39, 0.29) is 18.4 Å². The molecule has 1 saturated heterocycles. The minimum atomic E-state index is -0.674. The van der Waals surface area contributed by atoms with Crippen LogP contribution >= 0.6 is 12.4 Å². The number of rotatable bonds is 1. The molecule has 0 unspecified atom stereocenters. The topological polar surface area (TPSA) is 49.3 Å². The molecule has 0 amide bonds. The SMILES string of the molecule is Cl.O=C(O)[C@H]1NC[C@H]2CC[C@H]21. The minimum absolute atomic E-state index is 0. The molecule has 1 aliphatic carbocycles. The predicted octanol–water partition coefficient (Wildman–Crippen LogP) is 0.491. The molecule has 1 aliphatic heterocycles. The first-order chi connectivity index (χ1) is 4.79. The molecule has 0 aromatic rings. The van der Waals surface area contributed by atoms with E-state index in [1.807, 2.05) is 0 Å². The Morgan fingerprint density at radius 1 is 1.45 bits per heavy atom. The summed E-state index contributed by atoms with van der Waals surface area (Å²) in [6, 6.07) is -0.237. The van der Waals surface area contributed by atoms with Crippen LogP contribution in [0.25, 0.3) is 0 Å². The van der Waals surface area contributed by atoms with Gasteiger partial charge in [0.25, 0.3) is 0 Å². The maximum atomic E-state index is 10.5. The third kappa shape index (κ3) is 1.23. The number of carboxylic acid groups (broad SMARTS) is 1. The second-order valence-corrected chi connectivity index (χ2v) is 3.23. The van der Waals surface area contributed by atoms with Gasteiger partial charge in [0.2, 0.25) is 0 Å². The van der Waals surface area contributed by atoms with Crippen LogP contribution in [0.4, 0.5) is 0 Å². The Morgan fingerprint density at radius 2 is 2.18 bits per heavy atom. The molecule has 0 aromatic carbocycles. The number of fused-ring (bicyclic) bond motifs is 1. The minimum Gasteiger partial charge on any atom is -0.480 e. The summed E-state index contributed by atoms with van der Waals surface area (Å²) in [5.74, 6) is 0.436. The van der Waals surface area contributed by atoms with Crippen molar-refractivity contribution in [3.63, 3.8) is 0 Å². The highest BCUT2D eigenvalue weighted by Crippen LogP contribution is 2.40. The van der Waals surface area contributed by atoms with Crippen LogP contribution in [0.3, 0.4) is 0 Å². The molecular weight excluding hydrogens is 166 g/mol. The van der Waals surface area contributed by atoms with Gasteiger partial charge in [0, 0.05) is 0 Å². The summed E-state index contributed by atoms with van der Waals surface area (Å²) in [6.45, 7) is 0.918. The number of carboxylic acids is 1. The molecule has 3 nitrogen and oxygen atoms in total. The first-order valence-corrected chi connectivity index (χ1v) is 3.75. The first kappa shape index (κ1) is 8.81. The van der Waals surface area contributed by atoms with Gasteiger partial charge < -0.3 is 10.4 Å². The van der Waals surface area contributed by atoms with Gasteiger partial charge in [-0.3, -0.25) is 4.79 Å². The highest BCUT2D eigenvalue weighted by molar-refractivity contribution is 5.85. The first-order valence-electron chi connectivity index (χ1n) is 3.75. The molecular formula is C7H12ClNO2. The Morgan fingerprint density at radius 3 is 2.45 bits per heavy atom. The third-order valence-corrected chi connectivity index (χ3v) is 2.77. The second kappa shape index (κ2) is 2.99. The molecule has 2 N–H and O–H groups in total. The number of aliphatic carboxylic acids is 1. The van der Waals surface area contributed by atoms with Crippen molar-refractivity contribution in [2.24, 2.45) is 11.8 Å². The van der Waals surface area contributed by atoms with E-state index in [2.05, 4.69) is 5.32 Å². The Hall–Kier alpha value is -0.280. The van der Waals surface area contributed by atoms with Crippen LogP contribution in [-0.4, -0.2) is 23.7 Å². The second-order valence-electron chi connectivity index (χ2n) is 3.23. The summed E-state index contributed by atoms with van der Waals surface area (Å²) >= 11 is 0. The van der Waals surface area contributed by atoms with Crippen molar-refractivity contribution in [3.8, 4) is 0 Å². The number of hydrogen-bond acceptors (Lipinski definition) is 2. The van der Waals surface area contributed by atoms with Crippen molar-refractivity contribution in [1.82, 2.24) is 5.32 Å². The van der Waals surface area contributed by atoms with Crippen LogP contribution < -0.4 is 5.32 Å². The van der Waals surface area contributed by atoms with E-state index in [1.54, 1.807) is 0 Å². The van der Waals surface area contributed by atoms with Gasteiger partial charge in [-0.05, 0) is 31.2 Å². The lowest BCUT2D eigenvalue weighted by Crippen LogP contribution is -2.38. The molecule has 0 radical (unpaired) electrons. The summed E-state index contributed by atoms with van der Waals surface area (Å²) in [6.07, 6.45) is 2.33. The van der Waals surface area contributed by atoms with Gasteiger partial charge in [0.1, 0.15) is 6.04 Å². The summed E-state index contributed by atoms with van der Waals surface area (Å²) in [5.41, 5.74) is 0. The molecule has 0 spiro atoms. The van der Waals surface area contributed by atoms with Crippen molar-refractivity contribution in [2.45, 2.75) is 18.9 Å². The molecule has 11 heavy (non-hydrogen) atoms. The fourth-order valence-corrected chi connectivity index (χ4v) is 1.99. The Labute approximate surface area is 71.6 Å². The average molecular weight is 178 g/mol. The van der Waals surface area contributed by atoms with Crippen LogP contribution in [0, 0.1) is 11.8 Å². The lowest BCUT2D eigenvalue weighted by molar-refractivity contribution is -0.141. The predicted molar refractivity (Wildman–Crippen MR) is 42.9 cm³/mol. The van der Waals surface area contributed by atoms with E-state index in [1.165, 1.54) is 6.42 Å². The van der Waals surface area contributed by atoms with Crippen molar-refractivity contribution in [2.75, 3.05) is 6.54 Å². The summed E-state index contributed by atoms with van der Waals surface area (Å²) in [5, 5.41) is 11.7. The van der Waals surface area contributed by atoms with Gasteiger partial charge in [-0.15, -0.1) is 12.4 Å². The van der Waals surface area contributed by atoms with Gasteiger partial charge >= 0.3 is 5.97 Å². The molecule has 0 bridgehead atoms. The van der Waals surface area contributed by atoms with E-state index in [4.69, 9.17) is 5.11 Å². The smallest absolute Gasteiger partial charge is 0.320 e. The quantitative estimate of drug-likeness (QED) is 0.613. The Kier molecular flexibility index (Phi) is 2.40. The molecule has 1 heterocycles. The van der Waals surface area contributed by atoms with Gasteiger partial charge in [-0.2, -0.15) is 0 Å². The molecule has 1 saturated carbocycles. The lowest BCUT2D eigenvalue weighted by atomic mass is 9.73. The molecule has 0 aromatic heterocycles. The van der Waals surface area contributed by atoms with Gasteiger partial charge in [0.15, 0.2) is 0 Å².